The van der Waals surface area contributed by atoms with Gasteiger partial charge in [0.2, 0.25) is 19.5 Å². The number of nitrogens with zero attached hydrogens (tertiary/aromatic N) is 2. The summed E-state index contributed by atoms with van der Waals surface area (Å²) in [6, 6.07) is 15.1. The quantitative estimate of drug-likeness (QED) is 0.399. The Labute approximate surface area is 200 Å². The standard InChI is InChI=1S/C25H22N4O6/c1-30-20-9-16-17(10-21(20)31-2)28-25(26-11-14-3-5-18-22(7-14)34-12-32-18)29-24(16)27-15-4-6-19-23(8-15)35-13-33-19/h3-10H,11-13H2,1-2H3,(H2,26,27,28,29). The van der Waals surface area contributed by atoms with Crippen LogP contribution in [0.3, 0.4) is 0 Å². The van der Waals surface area contributed by atoms with Gasteiger partial charge in [-0.2, -0.15) is 4.98 Å². The van der Waals surface area contributed by atoms with Gasteiger partial charge in [0.05, 0.1) is 19.7 Å². The third kappa shape index (κ3) is 3.99. The smallest absolute Gasteiger partial charge is 0.231 e. The molecule has 0 bridgehead atoms. The van der Waals surface area contributed by atoms with Gasteiger partial charge < -0.3 is 39.1 Å². The Morgan fingerprint density at radius 3 is 2.23 bits per heavy atom. The third-order valence-electron chi connectivity index (χ3n) is 5.72. The van der Waals surface area contributed by atoms with Crippen LogP contribution in [0.5, 0.6) is 34.5 Å². The maximum atomic E-state index is 5.51. The molecule has 2 aliphatic rings. The highest BCUT2D eigenvalue weighted by molar-refractivity contribution is 5.94. The Hall–Kier alpha value is -4.60. The molecular weight excluding hydrogens is 452 g/mol. The van der Waals surface area contributed by atoms with Crippen LogP contribution in [0, 0.1) is 0 Å². The van der Waals surface area contributed by atoms with E-state index in [2.05, 4.69) is 10.6 Å². The number of anilines is 3. The van der Waals surface area contributed by atoms with Gasteiger partial charge >= 0.3 is 0 Å². The maximum Gasteiger partial charge on any atom is 0.231 e. The molecule has 10 nitrogen and oxygen atoms in total. The van der Waals surface area contributed by atoms with E-state index in [9.17, 15) is 0 Å². The summed E-state index contributed by atoms with van der Waals surface area (Å²) < 4.78 is 32.8. The van der Waals surface area contributed by atoms with Crippen molar-refractivity contribution in [2.24, 2.45) is 0 Å². The summed E-state index contributed by atoms with van der Waals surface area (Å²) in [4.78, 5) is 9.46. The van der Waals surface area contributed by atoms with Gasteiger partial charge in [-0.05, 0) is 35.9 Å². The van der Waals surface area contributed by atoms with Gasteiger partial charge in [-0.3, -0.25) is 0 Å². The van der Waals surface area contributed by atoms with E-state index in [1.807, 2.05) is 48.5 Å². The molecule has 0 fully saturated rings. The van der Waals surface area contributed by atoms with Gasteiger partial charge in [-0.25, -0.2) is 4.98 Å². The lowest BCUT2D eigenvalue weighted by Crippen LogP contribution is -2.06. The fraction of sp³-hybridized carbons (Fsp3) is 0.200. The first-order valence-corrected chi connectivity index (χ1v) is 10.9. The summed E-state index contributed by atoms with van der Waals surface area (Å²) in [6.45, 7) is 0.944. The van der Waals surface area contributed by atoms with Gasteiger partial charge in [-0.1, -0.05) is 6.07 Å². The summed E-state index contributed by atoms with van der Waals surface area (Å²) in [5.41, 5.74) is 2.50. The zero-order valence-corrected chi connectivity index (χ0v) is 19.1. The number of ether oxygens (including phenoxy) is 6. The number of benzene rings is 3. The van der Waals surface area contributed by atoms with E-state index >= 15 is 0 Å². The van der Waals surface area contributed by atoms with Crippen molar-refractivity contribution >= 4 is 28.4 Å². The van der Waals surface area contributed by atoms with Crippen molar-refractivity contribution in [1.29, 1.82) is 0 Å². The molecule has 0 unspecified atom stereocenters. The second-order valence-corrected chi connectivity index (χ2v) is 7.85. The second-order valence-electron chi connectivity index (χ2n) is 7.85. The van der Waals surface area contributed by atoms with Crippen molar-refractivity contribution in [2.75, 3.05) is 38.4 Å². The van der Waals surface area contributed by atoms with Gasteiger partial charge in [0, 0.05) is 29.8 Å². The van der Waals surface area contributed by atoms with Crippen molar-refractivity contribution in [1.82, 2.24) is 9.97 Å². The van der Waals surface area contributed by atoms with Crippen LogP contribution in [0.4, 0.5) is 17.5 Å². The Bertz CT molecular complexity index is 1430. The lowest BCUT2D eigenvalue weighted by Gasteiger charge is -2.15. The molecule has 0 spiro atoms. The Kier molecular flexibility index (Phi) is 5.17. The van der Waals surface area contributed by atoms with Crippen LogP contribution in [-0.2, 0) is 6.54 Å². The normalized spacial score (nSPS) is 13.1. The van der Waals surface area contributed by atoms with E-state index in [0.29, 0.717) is 46.8 Å². The van der Waals surface area contributed by atoms with Gasteiger partial charge in [0.15, 0.2) is 34.5 Å². The molecule has 0 saturated carbocycles. The minimum atomic E-state index is 0.208. The number of rotatable bonds is 7. The Balaban J connectivity index is 1.35. The highest BCUT2D eigenvalue weighted by Crippen LogP contribution is 2.38. The fourth-order valence-corrected chi connectivity index (χ4v) is 3.97. The molecule has 178 valence electrons. The Morgan fingerprint density at radius 2 is 1.46 bits per heavy atom. The summed E-state index contributed by atoms with van der Waals surface area (Å²) >= 11 is 0. The first-order chi connectivity index (χ1) is 17.2. The summed E-state index contributed by atoms with van der Waals surface area (Å²) in [7, 11) is 3.19. The van der Waals surface area contributed by atoms with Crippen LogP contribution in [0.15, 0.2) is 48.5 Å². The van der Waals surface area contributed by atoms with Crippen molar-refractivity contribution in [2.45, 2.75) is 6.54 Å². The first kappa shape index (κ1) is 21.0. The van der Waals surface area contributed by atoms with Crippen LogP contribution in [0.2, 0.25) is 0 Å². The molecular formula is C25H22N4O6. The number of nitrogens with one attached hydrogen (secondary N) is 2. The van der Waals surface area contributed by atoms with E-state index in [-0.39, 0.29) is 13.6 Å². The predicted molar refractivity (Wildman–Crippen MR) is 128 cm³/mol. The van der Waals surface area contributed by atoms with Gasteiger partial charge in [-0.15, -0.1) is 0 Å². The minimum absolute atomic E-state index is 0.208. The lowest BCUT2D eigenvalue weighted by molar-refractivity contribution is 0.173. The zero-order chi connectivity index (χ0) is 23.8. The average molecular weight is 474 g/mol. The number of hydrogen-bond donors (Lipinski definition) is 2. The van der Waals surface area contributed by atoms with Crippen molar-refractivity contribution in [3.63, 3.8) is 0 Å². The van der Waals surface area contributed by atoms with Crippen LogP contribution >= 0.6 is 0 Å². The Morgan fingerprint density at radius 1 is 0.771 bits per heavy atom. The molecule has 0 amide bonds. The second kappa shape index (κ2) is 8.64. The highest BCUT2D eigenvalue weighted by Gasteiger charge is 2.17. The molecule has 0 atom stereocenters. The van der Waals surface area contributed by atoms with Crippen LogP contribution in [0.25, 0.3) is 10.9 Å². The maximum absolute atomic E-state index is 5.51. The molecule has 3 aromatic carbocycles. The summed E-state index contributed by atoms with van der Waals surface area (Å²) in [5, 5.41) is 7.45. The third-order valence-corrected chi connectivity index (χ3v) is 5.72. The van der Waals surface area contributed by atoms with Crippen LogP contribution in [0.1, 0.15) is 5.56 Å². The monoisotopic (exact) mass is 474 g/mol. The summed E-state index contributed by atoms with van der Waals surface area (Å²) in [6.07, 6.45) is 0. The van der Waals surface area contributed by atoms with Crippen molar-refractivity contribution in [3.05, 3.63) is 54.1 Å². The van der Waals surface area contributed by atoms with Gasteiger partial charge in [0.1, 0.15) is 5.82 Å². The van der Waals surface area contributed by atoms with Gasteiger partial charge in [0.25, 0.3) is 0 Å². The SMILES string of the molecule is COc1cc2nc(NCc3ccc4c(c3)OCO4)nc(Nc3ccc4c(c3)OCO4)c2cc1OC. The van der Waals surface area contributed by atoms with Crippen molar-refractivity contribution < 1.29 is 28.4 Å². The fourth-order valence-electron chi connectivity index (χ4n) is 3.97. The molecule has 0 saturated heterocycles. The van der Waals surface area contributed by atoms with E-state index < -0.39 is 0 Å². The van der Waals surface area contributed by atoms with Crippen LogP contribution in [-0.4, -0.2) is 37.8 Å². The summed E-state index contributed by atoms with van der Waals surface area (Å²) in [5.74, 6) is 5.06. The first-order valence-electron chi connectivity index (χ1n) is 10.9. The average Bonchev–Trinajstić information content (AvgIpc) is 3.55. The zero-order valence-electron chi connectivity index (χ0n) is 19.1. The molecule has 2 aliphatic heterocycles. The topological polar surface area (TPSA) is 105 Å². The number of aromatic nitrogens is 2. The molecule has 35 heavy (non-hydrogen) atoms. The van der Waals surface area contributed by atoms with E-state index in [4.69, 9.17) is 38.4 Å². The molecule has 0 aliphatic carbocycles. The van der Waals surface area contributed by atoms with E-state index in [0.717, 1.165) is 28.1 Å². The predicted octanol–water partition coefficient (Wildman–Crippen LogP) is 4.46. The largest absolute Gasteiger partial charge is 0.493 e. The molecule has 2 N–H and O–H groups in total. The molecule has 10 heteroatoms. The molecule has 0 radical (unpaired) electrons. The number of fused-ring (bicyclic) bond motifs is 3. The molecule has 3 heterocycles. The van der Waals surface area contributed by atoms with E-state index in [1.165, 1.54) is 0 Å². The number of hydrogen-bond acceptors (Lipinski definition) is 10. The molecule has 4 aromatic rings. The molecule has 6 rings (SSSR count). The molecule has 1 aromatic heterocycles. The van der Waals surface area contributed by atoms with Crippen LogP contribution < -0.4 is 39.1 Å². The van der Waals surface area contributed by atoms with E-state index in [1.54, 1.807) is 14.2 Å². The minimum Gasteiger partial charge on any atom is -0.493 e. The van der Waals surface area contributed by atoms with Crippen molar-refractivity contribution in [3.8, 4) is 34.5 Å². The lowest BCUT2D eigenvalue weighted by atomic mass is 10.2. The highest BCUT2D eigenvalue weighted by atomic mass is 16.7. The number of methoxy groups -OCH3 is 2.